The van der Waals surface area contributed by atoms with Gasteiger partial charge in [0.1, 0.15) is 12.4 Å². The molecule has 22 heavy (non-hydrogen) atoms. The van der Waals surface area contributed by atoms with Gasteiger partial charge in [0.15, 0.2) is 0 Å². The highest BCUT2D eigenvalue weighted by molar-refractivity contribution is 5.87. The minimum Gasteiger partial charge on any atom is -0.494 e. The normalized spacial score (nSPS) is 9.86. The first-order chi connectivity index (χ1) is 10.6. The molecular weight excluding hydrogens is 288 g/mol. The van der Waals surface area contributed by atoms with Crippen LogP contribution in [0.2, 0.25) is 0 Å². The molecule has 2 aromatic carbocycles. The highest BCUT2D eigenvalue weighted by Gasteiger charge is 2.13. The lowest BCUT2D eigenvalue weighted by Crippen LogP contribution is -2.14. The number of amides is 1. The van der Waals surface area contributed by atoms with Gasteiger partial charge in [-0.15, -0.1) is 0 Å². The van der Waals surface area contributed by atoms with Crippen LogP contribution in [0.4, 0.5) is 16.2 Å². The van der Waals surface area contributed by atoms with Crippen LogP contribution in [0.5, 0.6) is 5.75 Å². The molecule has 7 nitrogen and oxygen atoms in total. The van der Waals surface area contributed by atoms with Gasteiger partial charge in [-0.2, -0.15) is 0 Å². The number of rotatable bonds is 5. The zero-order valence-corrected chi connectivity index (χ0v) is 11.8. The molecule has 0 radical (unpaired) electrons. The third-order valence-electron chi connectivity index (χ3n) is 2.85. The Bertz CT molecular complexity index is 673. The van der Waals surface area contributed by atoms with Crippen molar-refractivity contribution in [3.8, 4) is 5.75 Å². The number of methoxy groups -OCH3 is 1. The van der Waals surface area contributed by atoms with E-state index >= 15 is 0 Å². The minimum absolute atomic E-state index is 0.125. The standard InChI is InChI=1S/C15H14N2O5/c1-21-14-9-12(17(19)20)7-8-13(14)16-15(18)22-10-11-5-3-2-4-6-11/h2-9H,10H2,1H3,(H,16,18). The lowest BCUT2D eigenvalue weighted by atomic mass is 10.2. The first kappa shape index (κ1) is 15.3. The van der Waals surface area contributed by atoms with Gasteiger partial charge in [-0.05, 0) is 11.6 Å². The molecule has 0 saturated carbocycles. The lowest BCUT2D eigenvalue weighted by Gasteiger charge is -2.10. The zero-order chi connectivity index (χ0) is 15.9. The number of benzene rings is 2. The highest BCUT2D eigenvalue weighted by atomic mass is 16.6. The Morgan fingerprint density at radius 1 is 1.23 bits per heavy atom. The molecular formula is C15H14N2O5. The van der Waals surface area contributed by atoms with E-state index in [9.17, 15) is 14.9 Å². The number of nitro groups is 1. The van der Waals surface area contributed by atoms with Gasteiger partial charge in [-0.1, -0.05) is 30.3 Å². The van der Waals surface area contributed by atoms with Crippen LogP contribution < -0.4 is 10.1 Å². The van der Waals surface area contributed by atoms with Gasteiger partial charge >= 0.3 is 6.09 Å². The number of hydrogen-bond donors (Lipinski definition) is 1. The summed E-state index contributed by atoms with van der Waals surface area (Å²) in [5, 5.41) is 13.2. The molecule has 0 unspecified atom stereocenters. The van der Waals surface area contributed by atoms with E-state index < -0.39 is 11.0 Å². The van der Waals surface area contributed by atoms with Gasteiger partial charge in [-0.3, -0.25) is 15.4 Å². The Kier molecular flexibility index (Phi) is 4.92. The van der Waals surface area contributed by atoms with Crippen LogP contribution in [0.25, 0.3) is 0 Å². The molecule has 0 bridgehead atoms. The zero-order valence-electron chi connectivity index (χ0n) is 11.8. The summed E-state index contributed by atoms with van der Waals surface area (Å²) in [7, 11) is 1.36. The fourth-order valence-corrected chi connectivity index (χ4v) is 1.77. The van der Waals surface area contributed by atoms with Crippen molar-refractivity contribution in [2.75, 3.05) is 12.4 Å². The summed E-state index contributed by atoms with van der Waals surface area (Å²) in [6.45, 7) is 0.127. The Hall–Kier alpha value is -3.09. The molecule has 0 saturated heterocycles. The molecule has 2 aromatic rings. The molecule has 1 N–H and O–H groups in total. The first-order valence-corrected chi connectivity index (χ1v) is 6.40. The number of carbonyl (C=O) groups excluding carboxylic acids is 1. The smallest absolute Gasteiger partial charge is 0.412 e. The van der Waals surface area contributed by atoms with Crippen molar-refractivity contribution in [1.82, 2.24) is 0 Å². The Morgan fingerprint density at radius 2 is 1.95 bits per heavy atom. The predicted octanol–water partition coefficient (Wildman–Crippen LogP) is 3.35. The second-order valence-electron chi connectivity index (χ2n) is 4.33. The maximum absolute atomic E-state index is 11.7. The molecule has 0 atom stereocenters. The van der Waals surface area contributed by atoms with Crippen molar-refractivity contribution in [3.05, 3.63) is 64.2 Å². The van der Waals surface area contributed by atoms with Crippen molar-refractivity contribution in [1.29, 1.82) is 0 Å². The van der Waals surface area contributed by atoms with E-state index in [0.717, 1.165) is 5.56 Å². The third kappa shape index (κ3) is 3.95. The summed E-state index contributed by atoms with van der Waals surface area (Å²) in [4.78, 5) is 21.9. The Balaban J connectivity index is 2.00. The molecule has 114 valence electrons. The van der Waals surface area contributed by atoms with Crippen LogP contribution in [0.3, 0.4) is 0 Å². The first-order valence-electron chi connectivity index (χ1n) is 6.40. The molecule has 0 fully saturated rings. The second-order valence-corrected chi connectivity index (χ2v) is 4.33. The van der Waals surface area contributed by atoms with Gasteiger partial charge in [0.2, 0.25) is 0 Å². The van der Waals surface area contributed by atoms with Crippen LogP contribution >= 0.6 is 0 Å². The minimum atomic E-state index is -0.670. The lowest BCUT2D eigenvalue weighted by molar-refractivity contribution is -0.384. The Labute approximate surface area is 126 Å². The number of nitrogens with one attached hydrogen (secondary N) is 1. The summed E-state index contributed by atoms with van der Waals surface area (Å²) < 4.78 is 10.1. The van der Waals surface area contributed by atoms with Crippen LogP contribution in [0, 0.1) is 10.1 Å². The molecule has 2 rings (SSSR count). The number of nitrogens with zero attached hydrogens (tertiary/aromatic N) is 1. The van der Waals surface area contributed by atoms with E-state index in [0.29, 0.717) is 5.69 Å². The van der Waals surface area contributed by atoms with Gasteiger partial charge in [0.25, 0.3) is 5.69 Å². The van der Waals surface area contributed by atoms with Gasteiger partial charge < -0.3 is 9.47 Å². The number of hydrogen-bond acceptors (Lipinski definition) is 5. The largest absolute Gasteiger partial charge is 0.494 e. The van der Waals surface area contributed by atoms with E-state index in [-0.39, 0.29) is 18.0 Å². The molecule has 0 aliphatic rings. The van der Waals surface area contributed by atoms with E-state index in [1.807, 2.05) is 30.3 Å². The van der Waals surface area contributed by atoms with Crippen molar-refractivity contribution >= 4 is 17.5 Å². The third-order valence-corrected chi connectivity index (χ3v) is 2.85. The maximum Gasteiger partial charge on any atom is 0.412 e. The highest BCUT2D eigenvalue weighted by Crippen LogP contribution is 2.29. The molecule has 0 spiro atoms. The summed E-state index contributed by atoms with van der Waals surface area (Å²) in [6.07, 6.45) is -0.670. The van der Waals surface area contributed by atoms with Gasteiger partial charge in [0.05, 0.1) is 23.8 Å². The van der Waals surface area contributed by atoms with Gasteiger partial charge in [0, 0.05) is 6.07 Å². The number of ether oxygens (including phenoxy) is 2. The average molecular weight is 302 g/mol. The van der Waals surface area contributed by atoms with Crippen molar-refractivity contribution in [2.24, 2.45) is 0 Å². The van der Waals surface area contributed by atoms with E-state index in [1.165, 1.54) is 25.3 Å². The summed E-state index contributed by atoms with van der Waals surface area (Å²) in [5.74, 6) is 0.186. The van der Waals surface area contributed by atoms with E-state index in [1.54, 1.807) is 0 Å². The molecule has 0 heterocycles. The van der Waals surface area contributed by atoms with Crippen molar-refractivity contribution in [3.63, 3.8) is 0 Å². The maximum atomic E-state index is 11.7. The summed E-state index contributed by atoms with van der Waals surface area (Å²) >= 11 is 0. The predicted molar refractivity (Wildman–Crippen MR) is 79.9 cm³/mol. The molecule has 0 aliphatic heterocycles. The van der Waals surface area contributed by atoms with E-state index in [2.05, 4.69) is 5.32 Å². The molecule has 0 aromatic heterocycles. The topological polar surface area (TPSA) is 90.7 Å². The van der Waals surface area contributed by atoms with Crippen LogP contribution in [0.1, 0.15) is 5.56 Å². The molecule has 1 amide bonds. The van der Waals surface area contributed by atoms with E-state index in [4.69, 9.17) is 9.47 Å². The number of anilines is 1. The second kappa shape index (κ2) is 7.07. The number of non-ortho nitro benzene ring substituents is 1. The summed E-state index contributed by atoms with van der Waals surface area (Å²) in [6, 6.07) is 13.1. The number of carbonyl (C=O) groups is 1. The SMILES string of the molecule is COc1cc([N+](=O)[O-])ccc1NC(=O)OCc1ccccc1. The van der Waals surface area contributed by atoms with Crippen LogP contribution in [-0.4, -0.2) is 18.1 Å². The Morgan fingerprint density at radius 3 is 2.59 bits per heavy atom. The molecule has 0 aliphatic carbocycles. The summed E-state index contributed by atoms with van der Waals surface area (Å²) in [5.41, 5.74) is 1.03. The van der Waals surface area contributed by atoms with Crippen LogP contribution in [-0.2, 0) is 11.3 Å². The monoisotopic (exact) mass is 302 g/mol. The average Bonchev–Trinajstić information content (AvgIpc) is 2.54. The molecule has 7 heteroatoms. The quantitative estimate of drug-likeness (QED) is 0.675. The van der Waals surface area contributed by atoms with Crippen LogP contribution in [0.15, 0.2) is 48.5 Å². The van der Waals surface area contributed by atoms with Crippen molar-refractivity contribution in [2.45, 2.75) is 6.61 Å². The van der Waals surface area contributed by atoms with Crippen molar-refractivity contribution < 1.29 is 19.2 Å². The fraction of sp³-hybridized carbons (Fsp3) is 0.133. The number of nitro benzene ring substituents is 1. The van der Waals surface area contributed by atoms with Gasteiger partial charge in [-0.25, -0.2) is 4.79 Å². The fourth-order valence-electron chi connectivity index (χ4n) is 1.77.